The van der Waals surface area contributed by atoms with Gasteiger partial charge >= 0.3 is 0 Å². The number of hydrogen-bond donors (Lipinski definition) is 0. The topological polar surface area (TPSA) is 0 Å². The van der Waals surface area contributed by atoms with E-state index in [1.54, 1.807) is 0 Å². The molecule has 1 aromatic carbocycles. The van der Waals surface area contributed by atoms with Crippen molar-refractivity contribution in [3.8, 4) is 0 Å². The standard InChI is InChI=1S/C46H90N2/c1-7-9-11-13-15-17-19-21-23-25-27-29-31-33-35-39-43-47(3,4)45-41-37-38-42-46(45)48(5,6)44-40-36-34-32-30-28-26-24-22-20-18-16-14-12-10-8-2/h37-38,41-42H,7-36,39-40,43-44H2,1-6H3/q+2. The molecule has 0 heterocycles. The van der Waals surface area contributed by atoms with Gasteiger partial charge in [0, 0.05) is 12.1 Å². The molecule has 0 aliphatic rings. The lowest BCUT2D eigenvalue weighted by Gasteiger charge is -2.36. The van der Waals surface area contributed by atoms with Crippen LogP contribution in [0.25, 0.3) is 0 Å². The van der Waals surface area contributed by atoms with Crippen molar-refractivity contribution < 1.29 is 0 Å². The summed E-state index contributed by atoms with van der Waals surface area (Å²) >= 11 is 0. The number of benzene rings is 1. The van der Waals surface area contributed by atoms with Crippen LogP contribution in [0.4, 0.5) is 11.4 Å². The summed E-state index contributed by atoms with van der Waals surface area (Å²) in [7, 11) is 9.77. The zero-order chi connectivity index (χ0) is 35.0. The van der Waals surface area contributed by atoms with Crippen LogP contribution in [-0.4, -0.2) is 41.3 Å². The summed E-state index contributed by atoms with van der Waals surface area (Å²) in [5, 5.41) is 0. The Balaban J connectivity index is 2.14. The van der Waals surface area contributed by atoms with Gasteiger partial charge in [-0.1, -0.05) is 206 Å². The molecule has 0 saturated heterocycles. The van der Waals surface area contributed by atoms with Gasteiger partial charge in [0.05, 0.1) is 41.3 Å². The molecule has 48 heavy (non-hydrogen) atoms. The Kier molecular flexibility index (Phi) is 29.1. The first kappa shape index (κ1) is 45.2. The fourth-order valence-electron chi connectivity index (χ4n) is 7.84. The Bertz CT molecular complexity index is 745. The van der Waals surface area contributed by atoms with Crippen molar-refractivity contribution in [3.63, 3.8) is 0 Å². The van der Waals surface area contributed by atoms with Gasteiger partial charge in [-0.2, -0.15) is 0 Å². The fourth-order valence-corrected chi connectivity index (χ4v) is 7.84. The van der Waals surface area contributed by atoms with Crippen LogP contribution >= 0.6 is 0 Å². The lowest BCUT2D eigenvalue weighted by atomic mass is 10.0. The summed E-state index contributed by atoms with van der Waals surface area (Å²) in [6.45, 7) is 7.11. The third-order valence-corrected chi connectivity index (χ3v) is 11.3. The van der Waals surface area contributed by atoms with Gasteiger partial charge < -0.3 is 0 Å². The SMILES string of the molecule is CCCCCCCCCCCCCCCCCC[N+](C)(C)c1ccccc1[N+](C)(C)CCCCCCCCCCCCCCCCCC. The van der Waals surface area contributed by atoms with Crippen LogP contribution in [0.3, 0.4) is 0 Å². The second-order valence-electron chi connectivity index (χ2n) is 16.9. The van der Waals surface area contributed by atoms with E-state index in [9.17, 15) is 0 Å². The van der Waals surface area contributed by atoms with Gasteiger partial charge in [0.2, 0.25) is 0 Å². The Morgan fingerprint density at radius 2 is 0.479 bits per heavy atom. The van der Waals surface area contributed by atoms with Crippen molar-refractivity contribution in [1.82, 2.24) is 8.97 Å². The largest absolute Gasteiger partial charge is 0.291 e. The molecule has 0 saturated carbocycles. The Morgan fingerprint density at radius 1 is 0.292 bits per heavy atom. The molecule has 1 rings (SSSR count). The van der Waals surface area contributed by atoms with Gasteiger partial charge in [0.25, 0.3) is 0 Å². The molecule has 0 fully saturated rings. The molecule has 0 spiro atoms. The molecular weight excluding hydrogens is 581 g/mol. The molecule has 0 aromatic heterocycles. The Hall–Kier alpha value is -0.860. The molecule has 2 heteroatoms. The zero-order valence-corrected chi connectivity index (χ0v) is 34.2. The van der Waals surface area contributed by atoms with E-state index in [0.29, 0.717) is 0 Å². The second-order valence-corrected chi connectivity index (χ2v) is 16.9. The Labute approximate surface area is 304 Å². The summed E-state index contributed by atoms with van der Waals surface area (Å²) < 4.78 is 2.02. The molecule has 0 aliphatic heterocycles. The van der Waals surface area contributed by atoms with E-state index in [2.05, 4.69) is 66.3 Å². The van der Waals surface area contributed by atoms with Crippen LogP contribution < -0.4 is 8.97 Å². The molecule has 0 unspecified atom stereocenters. The van der Waals surface area contributed by atoms with Crippen LogP contribution in [0, 0.1) is 0 Å². The first-order valence-corrected chi connectivity index (χ1v) is 22.1. The van der Waals surface area contributed by atoms with Crippen LogP contribution in [-0.2, 0) is 0 Å². The monoisotopic (exact) mass is 671 g/mol. The van der Waals surface area contributed by atoms with E-state index in [4.69, 9.17) is 0 Å². The van der Waals surface area contributed by atoms with Gasteiger partial charge in [-0.25, -0.2) is 0 Å². The predicted octanol–water partition coefficient (Wildman–Crippen LogP) is 15.3. The number of hydrogen-bond acceptors (Lipinski definition) is 0. The smallest absolute Gasteiger partial charge is 0.193 e. The summed E-state index contributed by atoms with van der Waals surface area (Å²) in [6, 6.07) is 9.35. The summed E-state index contributed by atoms with van der Waals surface area (Å²) in [5.74, 6) is 0. The molecule has 0 atom stereocenters. The van der Waals surface area contributed by atoms with Crippen LogP contribution in [0.15, 0.2) is 24.3 Å². The normalized spacial score (nSPS) is 12.3. The van der Waals surface area contributed by atoms with E-state index in [1.165, 1.54) is 230 Å². The molecule has 282 valence electrons. The summed E-state index contributed by atoms with van der Waals surface area (Å²) in [4.78, 5) is 0. The third-order valence-electron chi connectivity index (χ3n) is 11.3. The lowest BCUT2D eigenvalue weighted by Crippen LogP contribution is -2.47. The van der Waals surface area contributed by atoms with Gasteiger partial charge in [0.1, 0.15) is 0 Å². The first-order valence-electron chi connectivity index (χ1n) is 22.1. The molecule has 0 bridgehead atoms. The second kappa shape index (κ2) is 30.9. The third kappa shape index (κ3) is 24.3. The van der Waals surface area contributed by atoms with Crippen molar-refractivity contribution in [2.24, 2.45) is 0 Å². The van der Waals surface area contributed by atoms with E-state index in [-0.39, 0.29) is 0 Å². The summed E-state index contributed by atoms with van der Waals surface area (Å²) in [5.41, 5.74) is 3.06. The number of rotatable bonds is 36. The number of quaternary nitrogens is 2. The number of unbranched alkanes of at least 4 members (excludes halogenated alkanes) is 30. The summed E-state index contributed by atoms with van der Waals surface area (Å²) in [6.07, 6.45) is 46.0. The van der Waals surface area contributed by atoms with Crippen molar-refractivity contribution in [1.29, 1.82) is 0 Å². The van der Waals surface area contributed by atoms with Crippen molar-refractivity contribution in [2.75, 3.05) is 41.3 Å². The maximum atomic E-state index is 2.44. The fraction of sp³-hybridized carbons (Fsp3) is 0.870. The van der Waals surface area contributed by atoms with Crippen LogP contribution in [0.1, 0.15) is 219 Å². The molecule has 0 radical (unpaired) electrons. The molecule has 1 aromatic rings. The van der Waals surface area contributed by atoms with Gasteiger partial charge in [-0.05, 0) is 25.7 Å². The maximum absolute atomic E-state index is 2.44. The zero-order valence-electron chi connectivity index (χ0n) is 34.2. The van der Waals surface area contributed by atoms with E-state index < -0.39 is 0 Å². The van der Waals surface area contributed by atoms with Crippen LogP contribution in [0.2, 0.25) is 0 Å². The average Bonchev–Trinajstić information content (AvgIpc) is 3.08. The van der Waals surface area contributed by atoms with Crippen molar-refractivity contribution in [2.45, 2.75) is 219 Å². The molecule has 0 N–H and O–H groups in total. The minimum atomic E-state index is 1.01. The van der Waals surface area contributed by atoms with Gasteiger partial charge in [-0.15, -0.1) is 0 Å². The highest BCUT2D eigenvalue weighted by Gasteiger charge is 2.31. The first-order chi connectivity index (χ1) is 23.3. The molecule has 2 nitrogen and oxygen atoms in total. The lowest BCUT2D eigenvalue weighted by molar-refractivity contribution is 0.349. The van der Waals surface area contributed by atoms with Crippen molar-refractivity contribution in [3.05, 3.63) is 24.3 Å². The predicted molar refractivity (Wildman–Crippen MR) is 223 cm³/mol. The molecule has 0 aliphatic carbocycles. The number of para-hydroxylation sites is 2. The van der Waals surface area contributed by atoms with Gasteiger partial charge in [-0.3, -0.25) is 8.97 Å². The van der Waals surface area contributed by atoms with E-state index in [1.807, 2.05) is 0 Å². The molecule has 0 amide bonds. The van der Waals surface area contributed by atoms with E-state index >= 15 is 0 Å². The number of nitrogens with zero attached hydrogens (tertiary/aromatic N) is 2. The van der Waals surface area contributed by atoms with Crippen molar-refractivity contribution >= 4 is 11.4 Å². The highest BCUT2D eigenvalue weighted by molar-refractivity contribution is 5.66. The van der Waals surface area contributed by atoms with Crippen LogP contribution in [0.5, 0.6) is 0 Å². The van der Waals surface area contributed by atoms with Gasteiger partial charge in [0.15, 0.2) is 11.4 Å². The maximum Gasteiger partial charge on any atom is 0.193 e. The molecular formula is C46H90N2+2. The van der Waals surface area contributed by atoms with E-state index in [0.717, 1.165) is 8.97 Å². The minimum absolute atomic E-state index is 1.01. The minimum Gasteiger partial charge on any atom is -0.291 e. The highest BCUT2D eigenvalue weighted by Crippen LogP contribution is 2.35. The Morgan fingerprint density at radius 3 is 0.688 bits per heavy atom. The average molecular weight is 671 g/mol. The highest BCUT2D eigenvalue weighted by atomic mass is 15.4. The quantitative estimate of drug-likeness (QED) is 0.0492.